The minimum Gasteiger partial charge on any atom is -0.454 e. The molecule has 0 aliphatic heterocycles. The zero-order chi connectivity index (χ0) is 13.2. The van der Waals surface area contributed by atoms with Crippen LogP contribution in [0.5, 0.6) is 0 Å². The Hall–Kier alpha value is -2.36. The van der Waals surface area contributed by atoms with Gasteiger partial charge in [0, 0.05) is 17.6 Å². The number of rotatable bonds is 3. The zero-order valence-corrected chi connectivity index (χ0v) is 11.0. The van der Waals surface area contributed by atoms with Crippen LogP contribution in [-0.2, 0) is 0 Å². The number of nitrogens with one attached hydrogen (secondary N) is 1. The van der Waals surface area contributed by atoms with Crippen molar-refractivity contribution in [3.63, 3.8) is 0 Å². The topological polar surface area (TPSA) is 51.0 Å². The van der Waals surface area contributed by atoms with Gasteiger partial charge in [-0.15, -0.1) is 0 Å². The van der Waals surface area contributed by atoms with Gasteiger partial charge in [0.1, 0.15) is 11.3 Å². The van der Waals surface area contributed by atoms with Crippen molar-refractivity contribution in [3.05, 3.63) is 42.1 Å². The van der Waals surface area contributed by atoms with E-state index in [1.54, 1.807) is 0 Å². The van der Waals surface area contributed by atoms with Crippen LogP contribution in [0.15, 0.2) is 40.8 Å². The van der Waals surface area contributed by atoms with E-state index in [0.29, 0.717) is 5.95 Å². The Morgan fingerprint density at radius 2 is 2.00 bits per heavy atom. The lowest BCUT2D eigenvalue weighted by atomic mass is 10.2. The first-order chi connectivity index (χ1) is 9.26. The van der Waals surface area contributed by atoms with Crippen molar-refractivity contribution in [1.29, 1.82) is 0 Å². The maximum absolute atomic E-state index is 5.82. The van der Waals surface area contributed by atoms with Crippen LogP contribution in [0.4, 0.5) is 5.95 Å². The maximum Gasteiger partial charge on any atom is 0.223 e. The molecule has 2 heterocycles. The normalized spacial score (nSPS) is 10.8. The molecule has 0 radical (unpaired) electrons. The smallest absolute Gasteiger partial charge is 0.223 e. The van der Waals surface area contributed by atoms with Crippen LogP contribution in [0.25, 0.3) is 22.4 Å². The molecule has 0 saturated heterocycles. The molecule has 0 amide bonds. The van der Waals surface area contributed by atoms with Crippen molar-refractivity contribution in [1.82, 2.24) is 9.97 Å². The summed E-state index contributed by atoms with van der Waals surface area (Å²) in [6, 6.07) is 11.9. The van der Waals surface area contributed by atoms with Gasteiger partial charge in [0.15, 0.2) is 5.76 Å². The highest BCUT2D eigenvalue weighted by Crippen LogP contribution is 2.27. The van der Waals surface area contributed by atoms with Crippen molar-refractivity contribution in [2.24, 2.45) is 0 Å². The van der Waals surface area contributed by atoms with E-state index in [0.717, 1.165) is 34.7 Å². The summed E-state index contributed by atoms with van der Waals surface area (Å²) in [5, 5.41) is 4.21. The third-order valence-corrected chi connectivity index (χ3v) is 2.87. The molecule has 0 fully saturated rings. The molecule has 0 unspecified atom stereocenters. The number of benzene rings is 1. The summed E-state index contributed by atoms with van der Waals surface area (Å²) in [5.74, 6) is 1.41. The average Bonchev–Trinajstić information content (AvgIpc) is 2.82. The minimum absolute atomic E-state index is 0.637. The van der Waals surface area contributed by atoms with Gasteiger partial charge in [0.2, 0.25) is 5.95 Å². The van der Waals surface area contributed by atoms with Gasteiger partial charge in [-0.25, -0.2) is 9.97 Å². The largest absolute Gasteiger partial charge is 0.454 e. The Labute approximate surface area is 111 Å². The van der Waals surface area contributed by atoms with Crippen LogP contribution in [-0.4, -0.2) is 16.5 Å². The van der Waals surface area contributed by atoms with Crippen LogP contribution in [0.2, 0.25) is 0 Å². The molecule has 2 aromatic heterocycles. The number of fused-ring (bicyclic) bond motifs is 1. The Balaban J connectivity index is 2.09. The Bertz CT molecular complexity index is 685. The van der Waals surface area contributed by atoms with E-state index in [-0.39, 0.29) is 0 Å². The average molecular weight is 253 g/mol. The molecule has 4 heteroatoms. The highest BCUT2D eigenvalue weighted by molar-refractivity contribution is 5.82. The van der Waals surface area contributed by atoms with Gasteiger partial charge in [-0.1, -0.05) is 18.2 Å². The standard InChI is InChI=1S/C15H15N3O/c1-3-16-15-17-10(2)8-12(18-15)14-9-11-6-4-5-7-13(11)19-14/h4-9H,3H2,1-2H3,(H,16,17,18). The predicted octanol–water partition coefficient (Wildman–Crippen LogP) is 3.63. The number of hydrogen-bond acceptors (Lipinski definition) is 4. The van der Waals surface area contributed by atoms with Crippen LogP contribution in [0, 0.1) is 6.92 Å². The zero-order valence-electron chi connectivity index (χ0n) is 11.0. The van der Waals surface area contributed by atoms with Crippen LogP contribution in [0.1, 0.15) is 12.6 Å². The molecular formula is C15H15N3O. The Morgan fingerprint density at radius 1 is 1.16 bits per heavy atom. The monoisotopic (exact) mass is 253 g/mol. The van der Waals surface area contributed by atoms with E-state index < -0.39 is 0 Å². The third-order valence-electron chi connectivity index (χ3n) is 2.87. The highest BCUT2D eigenvalue weighted by atomic mass is 16.3. The highest BCUT2D eigenvalue weighted by Gasteiger charge is 2.09. The molecule has 0 bridgehead atoms. The molecule has 0 spiro atoms. The molecule has 0 saturated carbocycles. The van der Waals surface area contributed by atoms with Gasteiger partial charge in [-0.2, -0.15) is 0 Å². The second kappa shape index (κ2) is 4.72. The van der Waals surface area contributed by atoms with Gasteiger partial charge in [0.25, 0.3) is 0 Å². The van der Waals surface area contributed by atoms with Gasteiger partial charge >= 0.3 is 0 Å². The molecule has 3 aromatic rings. The van der Waals surface area contributed by atoms with Gasteiger partial charge in [-0.05, 0) is 32.0 Å². The number of hydrogen-bond donors (Lipinski definition) is 1. The molecular weight excluding hydrogens is 238 g/mol. The quantitative estimate of drug-likeness (QED) is 0.774. The number of anilines is 1. The second-order valence-corrected chi connectivity index (χ2v) is 4.40. The minimum atomic E-state index is 0.637. The molecule has 0 atom stereocenters. The lowest BCUT2D eigenvalue weighted by molar-refractivity contribution is 0.628. The summed E-state index contributed by atoms with van der Waals surface area (Å²) in [7, 11) is 0. The summed E-state index contributed by atoms with van der Waals surface area (Å²) in [6.07, 6.45) is 0. The fourth-order valence-electron chi connectivity index (χ4n) is 2.04. The molecule has 3 rings (SSSR count). The van der Waals surface area contributed by atoms with Crippen LogP contribution < -0.4 is 5.32 Å². The fourth-order valence-corrected chi connectivity index (χ4v) is 2.04. The van der Waals surface area contributed by atoms with E-state index in [4.69, 9.17) is 4.42 Å². The number of aryl methyl sites for hydroxylation is 1. The van der Waals surface area contributed by atoms with Crippen LogP contribution >= 0.6 is 0 Å². The number of para-hydroxylation sites is 1. The number of nitrogens with zero attached hydrogens (tertiary/aromatic N) is 2. The Kier molecular flexibility index (Phi) is 2.91. The lowest BCUT2D eigenvalue weighted by Gasteiger charge is -2.04. The van der Waals surface area contributed by atoms with E-state index in [9.17, 15) is 0 Å². The molecule has 1 aromatic carbocycles. The van der Waals surface area contributed by atoms with Crippen molar-refractivity contribution in [2.75, 3.05) is 11.9 Å². The first kappa shape index (κ1) is 11.7. The lowest BCUT2D eigenvalue weighted by Crippen LogP contribution is -2.03. The van der Waals surface area contributed by atoms with Gasteiger partial charge in [0.05, 0.1) is 0 Å². The number of furan rings is 1. The van der Waals surface area contributed by atoms with Crippen molar-refractivity contribution in [3.8, 4) is 11.5 Å². The first-order valence-electron chi connectivity index (χ1n) is 6.35. The molecule has 0 aliphatic carbocycles. The summed E-state index contributed by atoms with van der Waals surface area (Å²) in [4.78, 5) is 8.81. The summed E-state index contributed by atoms with van der Waals surface area (Å²) < 4.78 is 5.82. The molecule has 0 aliphatic rings. The number of aromatic nitrogens is 2. The molecule has 96 valence electrons. The van der Waals surface area contributed by atoms with Crippen LogP contribution in [0.3, 0.4) is 0 Å². The van der Waals surface area contributed by atoms with Crippen molar-refractivity contribution >= 4 is 16.9 Å². The molecule has 19 heavy (non-hydrogen) atoms. The summed E-state index contributed by atoms with van der Waals surface area (Å²) >= 11 is 0. The van der Waals surface area contributed by atoms with Gasteiger partial charge in [-0.3, -0.25) is 0 Å². The first-order valence-corrected chi connectivity index (χ1v) is 6.35. The third kappa shape index (κ3) is 2.29. The maximum atomic E-state index is 5.82. The summed E-state index contributed by atoms with van der Waals surface area (Å²) in [5.41, 5.74) is 2.60. The fraction of sp³-hybridized carbons (Fsp3) is 0.200. The Morgan fingerprint density at radius 3 is 2.79 bits per heavy atom. The van der Waals surface area contributed by atoms with E-state index >= 15 is 0 Å². The molecule has 1 N–H and O–H groups in total. The predicted molar refractivity (Wildman–Crippen MR) is 76.1 cm³/mol. The van der Waals surface area contributed by atoms with Crippen molar-refractivity contribution < 1.29 is 4.42 Å². The van der Waals surface area contributed by atoms with Crippen molar-refractivity contribution in [2.45, 2.75) is 13.8 Å². The molecule has 4 nitrogen and oxygen atoms in total. The SMILES string of the molecule is CCNc1nc(C)cc(-c2cc3ccccc3o2)n1. The van der Waals surface area contributed by atoms with E-state index in [2.05, 4.69) is 15.3 Å². The van der Waals surface area contributed by atoms with E-state index in [1.807, 2.05) is 50.2 Å². The second-order valence-electron chi connectivity index (χ2n) is 4.40. The van der Waals surface area contributed by atoms with Gasteiger partial charge < -0.3 is 9.73 Å². The summed E-state index contributed by atoms with van der Waals surface area (Å²) in [6.45, 7) is 4.77. The van der Waals surface area contributed by atoms with E-state index in [1.165, 1.54) is 0 Å².